The van der Waals surface area contributed by atoms with Gasteiger partial charge in [-0.3, -0.25) is 10.1 Å². The number of benzene rings is 1. The number of hydrogen-bond donors (Lipinski definition) is 0. The summed E-state index contributed by atoms with van der Waals surface area (Å²) in [6.45, 7) is 1.67. The van der Waals surface area contributed by atoms with Crippen LogP contribution in [-0.2, 0) is 0 Å². The Morgan fingerprint density at radius 1 is 1.45 bits per heavy atom. The predicted octanol–water partition coefficient (Wildman–Crippen LogP) is 3.10. The fourth-order valence-electron chi connectivity index (χ4n) is 1.57. The summed E-state index contributed by atoms with van der Waals surface area (Å²) in [5.74, 6) is -1.08. The molecule has 0 aliphatic heterocycles. The van der Waals surface area contributed by atoms with Gasteiger partial charge in [0.25, 0.3) is 0 Å². The molecule has 0 aliphatic carbocycles. The molecule has 0 atom stereocenters. The van der Waals surface area contributed by atoms with E-state index in [4.69, 9.17) is 10.00 Å². The number of ether oxygens (including phenoxy) is 1. The number of halogens is 1. The zero-order chi connectivity index (χ0) is 14.7. The first-order chi connectivity index (χ1) is 9.52. The number of nitriles is 1. The van der Waals surface area contributed by atoms with E-state index in [0.29, 0.717) is 5.56 Å². The maximum absolute atomic E-state index is 13.2. The molecule has 0 saturated heterocycles. The average molecular weight is 273 g/mol. The van der Waals surface area contributed by atoms with Crippen LogP contribution in [-0.4, -0.2) is 9.91 Å². The van der Waals surface area contributed by atoms with E-state index in [1.54, 1.807) is 13.0 Å². The summed E-state index contributed by atoms with van der Waals surface area (Å²) in [7, 11) is 0. The van der Waals surface area contributed by atoms with Crippen LogP contribution in [0.15, 0.2) is 30.5 Å². The highest BCUT2D eigenvalue weighted by molar-refractivity contribution is 5.51. The van der Waals surface area contributed by atoms with E-state index in [1.165, 1.54) is 6.20 Å². The predicted molar refractivity (Wildman–Crippen MR) is 66.8 cm³/mol. The summed E-state index contributed by atoms with van der Waals surface area (Å²) in [6.07, 6.45) is 1.40. The Kier molecular flexibility index (Phi) is 3.57. The molecule has 100 valence electrons. The van der Waals surface area contributed by atoms with Gasteiger partial charge < -0.3 is 4.74 Å². The maximum Gasteiger partial charge on any atom is 0.311 e. The zero-order valence-corrected chi connectivity index (χ0v) is 10.3. The Morgan fingerprint density at radius 3 is 2.85 bits per heavy atom. The van der Waals surface area contributed by atoms with Gasteiger partial charge in [-0.15, -0.1) is 0 Å². The van der Waals surface area contributed by atoms with Crippen LogP contribution in [0, 0.1) is 34.2 Å². The fourth-order valence-corrected chi connectivity index (χ4v) is 1.57. The smallest absolute Gasteiger partial charge is 0.311 e. The molecule has 20 heavy (non-hydrogen) atoms. The molecule has 0 saturated carbocycles. The van der Waals surface area contributed by atoms with Gasteiger partial charge in [0.15, 0.2) is 0 Å². The number of aromatic nitrogens is 1. The third-order valence-electron chi connectivity index (χ3n) is 2.56. The minimum atomic E-state index is -0.698. The normalized spacial score (nSPS) is 9.85. The first-order valence-corrected chi connectivity index (χ1v) is 5.50. The number of pyridine rings is 1. The van der Waals surface area contributed by atoms with Gasteiger partial charge in [0.05, 0.1) is 4.92 Å². The molecular weight excluding hydrogens is 265 g/mol. The van der Waals surface area contributed by atoms with Crippen molar-refractivity contribution in [1.29, 1.82) is 5.26 Å². The van der Waals surface area contributed by atoms with Crippen molar-refractivity contribution in [3.63, 3.8) is 0 Å². The molecule has 2 rings (SSSR count). The molecule has 0 spiro atoms. The number of nitrogens with zero attached hydrogens (tertiary/aromatic N) is 3. The van der Waals surface area contributed by atoms with Crippen molar-refractivity contribution < 1.29 is 14.1 Å². The van der Waals surface area contributed by atoms with Crippen molar-refractivity contribution in [2.24, 2.45) is 0 Å². The van der Waals surface area contributed by atoms with Crippen molar-refractivity contribution >= 4 is 5.69 Å². The van der Waals surface area contributed by atoms with Crippen LogP contribution >= 0.6 is 0 Å². The second-order valence-corrected chi connectivity index (χ2v) is 3.89. The highest BCUT2D eigenvalue weighted by Crippen LogP contribution is 2.32. The topological polar surface area (TPSA) is 89.1 Å². The van der Waals surface area contributed by atoms with Crippen LogP contribution in [0.2, 0.25) is 0 Å². The summed E-state index contributed by atoms with van der Waals surface area (Å²) < 4.78 is 18.4. The molecule has 6 nitrogen and oxygen atoms in total. The van der Waals surface area contributed by atoms with Gasteiger partial charge in [0, 0.05) is 18.3 Å². The molecule has 0 amide bonds. The number of hydrogen-bond acceptors (Lipinski definition) is 5. The molecule has 1 aromatic carbocycles. The third kappa shape index (κ3) is 2.54. The molecule has 0 aliphatic rings. The molecule has 0 unspecified atom stereocenters. The lowest BCUT2D eigenvalue weighted by atomic mass is 10.2. The van der Waals surface area contributed by atoms with E-state index in [0.717, 1.165) is 18.2 Å². The van der Waals surface area contributed by atoms with Gasteiger partial charge >= 0.3 is 5.69 Å². The van der Waals surface area contributed by atoms with Gasteiger partial charge in [-0.25, -0.2) is 9.37 Å². The van der Waals surface area contributed by atoms with E-state index in [1.807, 2.05) is 6.07 Å². The highest BCUT2D eigenvalue weighted by Gasteiger charge is 2.19. The lowest BCUT2D eigenvalue weighted by Crippen LogP contribution is -1.98. The second-order valence-electron chi connectivity index (χ2n) is 3.89. The van der Waals surface area contributed by atoms with Gasteiger partial charge in [0.2, 0.25) is 11.6 Å². The van der Waals surface area contributed by atoms with Crippen LogP contribution in [0.5, 0.6) is 11.6 Å². The van der Waals surface area contributed by atoms with Crippen molar-refractivity contribution in [3.05, 3.63) is 57.5 Å². The van der Waals surface area contributed by atoms with Crippen molar-refractivity contribution in [1.82, 2.24) is 4.98 Å². The van der Waals surface area contributed by atoms with E-state index in [9.17, 15) is 14.5 Å². The van der Waals surface area contributed by atoms with Gasteiger partial charge in [-0.1, -0.05) is 0 Å². The minimum Gasteiger partial charge on any atom is -0.430 e. The third-order valence-corrected chi connectivity index (χ3v) is 2.56. The number of rotatable bonds is 3. The largest absolute Gasteiger partial charge is 0.430 e. The van der Waals surface area contributed by atoms with Crippen LogP contribution in [0.25, 0.3) is 0 Å². The molecule has 0 radical (unpaired) electrons. The summed E-state index contributed by atoms with van der Waals surface area (Å²) in [4.78, 5) is 14.0. The molecule has 0 N–H and O–H groups in total. The lowest BCUT2D eigenvalue weighted by molar-refractivity contribution is -0.385. The standard InChI is InChI=1S/C13H8FN3O3/c1-8-4-5-16-13(10(8)7-15)20-12-6-9(14)2-3-11(12)17(18)19/h2-6H,1H3. The molecule has 0 bridgehead atoms. The van der Waals surface area contributed by atoms with Crippen molar-refractivity contribution in [2.75, 3.05) is 0 Å². The quantitative estimate of drug-likeness (QED) is 0.633. The van der Waals surface area contributed by atoms with E-state index in [2.05, 4.69) is 4.98 Å². The fraction of sp³-hybridized carbons (Fsp3) is 0.0769. The number of aryl methyl sites for hydroxylation is 1. The van der Waals surface area contributed by atoms with E-state index in [-0.39, 0.29) is 17.2 Å². The monoisotopic (exact) mass is 273 g/mol. The molecule has 1 aromatic heterocycles. The molecule has 2 aromatic rings. The maximum atomic E-state index is 13.2. The Morgan fingerprint density at radius 2 is 2.20 bits per heavy atom. The Balaban J connectivity index is 2.51. The first kappa shape index (κ1) is 13.4. The highest BCUT2D eigenvalue weighted by atomic mass is 19.1. The van der Waals surface area contributed by atoms with Crippen molar-refractivity contribution in [3.8, 4) is 17.7 Å². The van der Waals surface area contributed by atoms with Crippen LogP contribution in [0.3, 0.4) is 0 Å². The van der Waals surface area contributed by atoms with Crippen molar-refractivity contribution in [2.45, 2.75) is 6.92 Å². The molecule has 0 fully saturated rings. The van der Waals surface area contributed by atoms with Gasteiger partial charge in [-0.2, -0.15) is 5.26 Å². The first-order valence-electron chi connectivity index (χ1n) is 5.50. The van der Waals surface area contributed by atoms with E-state index >= 15 is 0 Å². The molecular formula is C13H8FN3O3. The Labute approximate surface area is 113 Å². The Bertz CT molecular complexity index is 725. The molecule has 1 heterocycles. The summed E-state index contributed by atoms with van der Waals surface area (Å²) in [5, 5.41) is 19.9. The van der Waals surface area contributed by atoms with E-state index < -0.39 is 16.4 Å². The van der Waals surface area contributed by atoms with Crippen LogP contribution in [0.4, 0.5) is 10.1 Å². The number of nitro benzene ring substituents is 1. The Hall–Kier alpha value is -3.01. The number of nitro groups is 1. The summed E-state index contributed by atoms with van der Waals surface area (Å²) in [5.41, 5.74) is 0.348. The SMILES string of the molecule is Cc1ccnc(Oc2cc(F)ccc2[N+](=O)[O-])c1C#N. The minimum absolute atomic E-state index is 0.0961. The molecule has 7 heteroatoms. The van der Waals surface area contributed by atoms with Gasteiger partial charge in [0.1, 0.15) is 17.4 Å². The average Bonchev–Trinajstić information content (AvgIpc) is 2.38. The van der Waals surface area contributed by atoms with Crippen LogP contribution in [0.1, 0.15) is 11.1 Å². The zero-order valence-electron chi connectivity index (χ0n) is 10.3. The van der Waals surface area contributed by atoms with Crippen LogP contribution < -0.4 is 4.74 Å². The second kappa shape index (κ2) is 5.32. The summed E-state index contributed by atoms with van der Waals surface area (Å²) >= 11 is 0. The summed E-state index contributed by atoms with van der Waals surface area (Å²) in [6, 6.07) is 6.33. The lowest BCUT2D eigenvalue weighted by Gasteiger charge is -2.08. The van der Waals surface area contributed by atoms with Gasteiger partial charge in [-0.05, 0) is 24.6 Å².